The second kappa shape index (κ2) is 9.80. The molecule has 1 aromatic heterocycles. The lowest BCUT2D eigenvalue weighted by molar-refractivity contribution is -0.135. The van der Waals surface area contributed by atoms with Crippen molar-refractivity contribution in [2.45, 2.75) is 69.7 Å². The molecular formula is C27H36N4O2. The molecule has 2 fully saturated rings. The van der Waals surface area contributed by atoms with Gasteiger partial charge in [-0.3, -0.25) is 9.59 Å². The molecule has 6 nitrogen and oxygen atoms in total. The van der Waals surface area contributed by atoms with Crippen LogP contribution in [0.4, 0.5) is 0 Å². The minimum Gasteiger partial charge on any atom is -0.341 e. The van der Waals surface area contributed by atoms with E-state index in [9.17, 15) is 9.59 Å². The van der Waals surface area contributed by atoms with E-state index in [-0.39, 0.29) is 23.3 Å². The highest BCUT2D eigenvalue weighted by Gasteiger charge is 2.36. The van der Waals surface area contributed by atoms with Crippen molar-refractivity contribution < 1.29 is 4.79 Å². The lowest BCUT2D eigenvalue weighted by atomic mass is 9.76. The Labute approximate surface area is 196 Å². The van der Waals surface area contributed by atoms with Crippen molar-refractivity contribution in [3.05, 3.63) is 63.3 Å². The molecule has 5 rings (SSSR count). The van der Waals surface area contributed by atoms with Crippen LogP contribution in [0.3, 0.4) is 0 Å². The van der Waals surface area contributed by atoms with Crippen LogP contribution in [-0.4, -0.2) is 52.4 Å². The molecule has 2 aliphatic heterocycles. The minimum absolute atomic E-state index is 0.00522. The first-order valence-corrected chi connectivity index (χ1v) is 12.7. The molecule has 2 atom stereocenters. The van der Waals surface area contributed by atoms with E-state index in [0.717, 1.165) is 67.8 Å². The number of benzene rings is 1. The third kappa shape index (κ3) is 4.77. The Bertz CT molecular complexity index is 1030. The number of hydrogen-bond acceptors (Lipinski definition) is 4. The van der Waals surface area contributed by atoms with Crippen molar-refractivity contribution in [3.63, 3.8) is 0 Å². The van der Waals surface area contributed by atoms with Gasteiger partial charge in [0, 0.05) is 38.5 Å². The second-order valence-electron chi connectivity index (χ2n) is 10.3. The number of likely N-dealkylation sites (tertiary alicyclic amines) is 1. The Balaban J connectivity index is 1.38. The fraction of sp³-hybridized carbons (Fsp3) is 0.593. The normalized spacial score (nSPS) is 23.2. The Hall–Kier alpha value is -2.47. The van der Waals surface area contributed by atoms with Gasteiger partial charge in [0.1, 0.15) is 5.82 Å². The molecule has 0 unspecified atom stereocenters. The first-order valence-electron chi connectivity index (χ1n) is 12.7. The molecule has 0 spiro atoms. The van der Waals surface area contributed by atoms with Gasteiger partial charge < -0.3 is 14.8 Å². The Morgan fingerprint density at radius 2 is 1.85 bits per heavy atom. The molecule has 1 aliphatic carbocycles. The zero-order chi connectivity index (χ0) is 22.8. The van der Waals surface area contributed by atoms with Gasteiger partial charge in [-0.1, -0.05) is 49.6 Å². The topological polar surface area (TPSA) is 69.3 Å². The van der Waals surface area contributed by atoms with Gasteiger partial charge in [-0.05, 0) is 44.2 Å². The molecule has 1 N–H and O–H groups in total. The summed E-state index contributed by atoms with van der Waals surface area (Å²) in [6.07, 6.45) is 8.73. The molecule has 1 saturated carbocycles. The summed E-state index contributed by atoms with van der Waals surface area (Å²) in [5.74, 6) is 1.50. The molecule has 3 heterocycles. The predicted molar refractivity (Wildman–Crippen MR) is 129 cm³/mol. The van der Waals surface area contributed by atoms with Gasteiger partial charge in [-0.2, -0.15) is 0 Å². The van der Waals surface area contributed by atoms with Gasteiger partial charge in [0.05, 0.1) is 17.2 Å². The van der Waals surface area contributed by atoms with Crippen molar-refractivity contribution >= 4 is 5.91 Å². The molecule has 1 aromatic carbocycles. The molecular weight excluding hydrogens is 412 g/mol. The van der Waals surface area contributed by atoms with E-state index in [1.54, 1.807) is 0 Å². The van der Waals surface area contributed by atoms with Crippen molar-refractivity contribution in [3.8, 4) is 0 Å². The predicted octanol–water partition coefficient (Wildman–Crippen LogP) is 3.83. The standard InChI is InChI=1S/C27H36N4O2/c1-30-16-14-23-22(18-30)26(32)29-25(28-23)21-13-8-15-31(17-21)27(33)24(19-9-4-2-5-10-19)20-11-6-3-7-12-20/h2,4-5,9-10,20-21,24H,3,6-8,11-18H2,1H3,(H,28,29,32)/t21-,24+/m0/s1. The fourth-order valence-corrected chi connectivity index (χ4v) is 6.11. The summed E-state index contributed by atoms with van der Waals surface area (Å²) in [5, 5.41) is 0. The molecule has 6 heteroatoms. The van der Waals surface area contributed by atoms with Crippen LogP contribution in [0.1, 0.15) is 79.4 Å². The minimum atomic E-state index is -0.0590. The molecule has 3 aliphatic rings. The Morgan fingerprint density at radius 1 is 1.06 bits per heavy atom. The number of rotatable bonds is 4. The lowest BCUT2D eigenvalue weighted by Gasteiger charge is -2.38. The first kappa shape index (κ1) is 22.3. The summed E-state index contributed by atoms with van der Waals surface area (Å²) >= 11 is 0. The quantitative estimate of drug-likeness (QED) is 0.772. The Morgan fingerprint density at radius 3 is 2.64 bits per heavy atom. The van der Waals surface area contributed by atoms with Crippen molar-refractivity contribution in [1.82, 2.24) is 19.8 Å². The van der Waals surface area contributed by atoms with E-state index in [4.69, 9.17) is 4.98 Å². The summed E-state index contributed by atoms with van der Waals surface area (Å²) in [6.45, 7) is 3.04. The maximum absolute atomic E-state index is 13.9. The maximum Gasteiger partial charge on any atom is 0.255 e. The van der Waals surface area contributed by atoms with Crippen LogP contribution in [0.5, 0.6) is 0 Å². The molecule has 33 heavy (non-hydrogen) atoms. The van der Waals surface area contributed by atoms with Crippen molar-refractivity contribution in [1.29, 1.82) is 0 Å². The van der Waals surface area contributed by atoms with Gasteiger partial charge in [-0.25, -0.2) is 4.98 Å². The number of nitrogens with one attached hydrogen (secondary N) is 1. The molecule has 2 aromatic rings. The second-order valence-corrected chi connectivity index (χ2v) is 10.3. The van der Waals surface area contributed by atoms with Gasteiger partial charge in [0.2, 0.25) is 5.91 Å². The smallest absolute Gasteiger partial charge is 0.255 e. The number of carbonyl (C=O) groups is 1. The van der Waals surface area contributed by atoms with E-state index in [1.807, 2.05) is 13.1 Å². The average Bonchev–Trinajstić information content (AvgIpc) is 2.86. The molecule has 176 valence electrons. The van der Waals surface area contributed by atoms with Crippen LogP contribution in [0, 0.1) is 5.92 Å². The van der Waals surface area contributed by atoms with Gasteiger partial charge in [0.15, 0.2) is 0 Å². The van der Waals surface area contributed by atoms with Crippen LogP contribution < -0.4 is 5.56 Å². The largest absolute Gasteiger partial charge is 0.341 e. The average molecular weight is 449 g/mol. The van der Waals surface area contributed by atoms with Crippen molar-refractivity contribution in [2.75, 3.05) is 26.7 Å². The van der Waals surface area contributed by atoms with Crippen LogP contribution in [-0.2, 0) is 17.8 Å². The number of likely N-dealkylation sites (N-methyl/N-ethyl adjacent to an activating group) is 1. The highest BCUT2D eigenvalue weighted by Crippen LogP contribution is 2.38. The summed E-state index contributed by atoms with van der Waals surface area (Å²) in [4.78, 5) is 38.9. The zero-order valence-corrected chi connectivity index (χ0v) is 19.8. The number of aromatic nitrogens is 2. The molecule has 1 saturated heterocycles. The highest BCUT2D eigenvalue weighted by molar-refractivity contribution is 5.84. The van der Waals surface area contributed by atoms with Gasteiger partial charge in [0.25, 0.3) is 5.56 Å². The fourth-order valence-electron chi connectivity index (χ4n) is 6.11. The third-order valence-electron chi connectivity index (χ3n) is 7.94. The number of piperidine rings is 1. The van der Waals surface area contributed by atoms with Crippen LogP contribution in [0.25, 0.3) is 0 Å². The van der Waals surface area contributed by atoms with Crippen LogP contribution in [0.15, 0.2) is 35.1 Å². The van der Waals surface area contributed by atoms with E-state index in [2.05, 4.69) is 39.0 Å². The number of amides is 1. The molecule has 0 radical (unpaired) electrons. The summed E-state index contributed by atoms with van der Waals surface area (Å²) in [5.41, 5.74) is 2.90. The molecule has 0 bridgehead atoms. The number of carbonyl (C=O) groups excluding carboxylic acids is 1. The van der Waals surface area contributed by atoms with Gasteiger partial charge in [-0.15, -0.1) is 0 Å². The van der Waals surface area contributed by atoms with E-state index >= 15 is 0 Å². The first-order chi connectivity index (χ1) is 16.1. The third-order valence-corrected chi connectivity index (χ3v) is 7.94. The van der Waals surface area contributed by atoms with E-state index in [1.165, 1.54) is 19.3 Å². The van der Waals surface area contributed by atoms with E-state index in [0.29, 0.717) is 19.0 Å². The lowest BCUT2D eigenvalue weighted by Crippen LogP contribution is -2.44. The zero-order valence-electron chi connectivity index (χ0n) is 19.8. The number of hydrogen-bond donors (Lipinski definition) is 1. The maximum atomic E-state index is 13.9. The van der Waals surface area contributed by atoms with Crippen LogP contribution in [0.2, 0.25) is 0 Å². The summed E-state index contributed by atoms with van der Waals surface area (Å²) < 4.78 is 0. The highest BCUT2D eigenvalue weighted by atomic mass is 16.2. The Kier molecular flexibility index (Phi) is 6.63. The van der Waals surface area contributed by atoms with Crippen molar-refractivity contribution in [2.24, 2.45) is 5.92 Å². The van der Waals surface area contributed by atoms with Gasteiger partial charge >= 0.3 is 0 Å². The summed E-state index contributed by atoms with van der Waals surface area (Å²) in [6, 6.07) is 10.4. The molecule has 1 amide bonds. The van der Waals surface area contributed by atoms with Crippen LogP contribution >= 0.6 is 0 Å². The number of aromatic amines is 1. The number of H-pyrrole nitrogens is 1. The number of fused-ring (bicyclic) bond motifs is 1. The number of nitrogens with zero attached hydrogens (tertiary/aromatic N) is 3. The van der Waals surface area contributed by atoms with E-state index < -0.39 is 0 Å². The monoisotopic (exact) mass is 448 g/mol. The summed E-state index contributed by atoms with van der Waals surface area (Å²) in [7, 11) is 2.04. The SMILES string of the molecule is CN1CCc2nc([C@H]3CCCN(C(=O)[C@H](c4ccccc4)C4CCCCC4)C3)[nH]c(=O)c2C1.